The van der Waals surface area contributed by atoms with E-state index < -0.39 is 23.7 Å². The minimum Gasteiger partial charge on any atom is -0.505 e. The molecule has 3 aromatic heterocycles. The monoisotopic (exact) mass is 602 g/mol. The molecule has 4 aromatic rings. The van der Waals surface area contributed by atoms with Crippen molar-refractivity contribution in [3.05, 3.63) is 81.8 Å². The number of benzene rings is 1. The van der Waals surface area contributed by atoms with E-state index in [0.717, 1.165) is 37.0 Å². The molecule has 0 radical (unpaired) electrons. The first kappa shape index (κ1) is 30.0. The molecule has 11 heteroatoms. The van der Waals surface area contributed by atoms with Gasteiger partial charge in [-0.3, -0.25) is 18.9 Å². The third-order valence-corrected chi connectivity index (χ3v) is 8.42. The highest BCUT2D eigenvalue weighted by Gasteiger charge is 2.49. The second kappa shape index (κ2) is 12.8. The number of thiazole rings is 1. The quantitative estimate of drug-likeness (QED) is 0.0711. The van der Waals surface area contributed by atoms with Crippen molar-refractivity contribution in [2.75, 3.05) is 18.1 Å². The van der Waals surface area contributed by atoms with Crippen molar-refractivity contribution in [3.63, 3.8) is 0 Å². The zero-order valence-electron chi connectivity index (χ0n) is 24.6. The number of esters is 1. The predicted molar refractivity (Wildman–Crippen MR) is 164 cm³/mol. The summed E-state index contributed by atoms with van der Waals surface area (Å²) >= 11 is 0.967. The predicted octanol–water partition coefficient (Wildman–Crippen LogP) is 6.17. The van der Waals surface area contributed by atoms with Gasteiger partial charge in [0.25, 0.3) is 5.78 Å². The third-order valence-electron chi connectivity index (χ3n) is 7.29. The summed E-state index contributed by atoms with van der Waals surface area (Å²) in [6, 6.07) is 11.5. The number of aromatic nitrogens is 3. The van der Waals surface area contributed by atoms with Crippen molar-refractivity contribution in [1.29, 1.82) is 0 Å². The van der Waals surface area contributed by atoms with Crippen molar-refractivity contribution in [2.24, 2.45) is 0 Å². The fraction of sp³-hybridized carbons (Fsp3) is 0.344. The fourth-order valence-corrected chi connectivity index (χ4v) is 6.20. The molecule has 43 heavy (non-hydrogen) atoms. The molecular weight excluding hydrogens is 568 g/mol. The number of anilines is 1. The summed E-state index contributed by atoms with van der Waals surface area (Å²) in [4.78, 5) is 50.4. The Labute approximate surface area is 253 Å². The van der Waals surface area contributed by atoms with Gasteiger partial charge in [-0.15, -0.1) is 0 Å². The van der Waals surface area contributed by atoms with Crippen LogP contribution in [0.3, 0.4) is 0 Å². The van der Waals surface area contributed by atoms with E-state index in [-0.39, 0.29) is 27.9 Å². The maximum atomic E-state index is 13.7. The summed E-state index contributed by atoms with van der Waals surface area (Å²) in [5.74, 6) is -1.98. The van der Waals surface area contributed by atoms with Gasteiger partial charge in [-0.1, -0.05) is 55.7 Å². The molecule has 5 rings (SSSR count). The van der Waals surface area contributed by atoms with Gasteiger partial charge >= 0.3 is 11.9 Å². The van der Waals surface area contributed by atoms with Gasteiger partial charge in [0.2, 0.25) is 0 Å². The number of hydrogen-bond acceptors (Lipinski definition) is 9. The van der Waals surface area contributed by atoms with Crippen LogP contribution in [0, 0.1) is 13.8 Å². The molecule has 1 aliphatic heterocycles. The van der Waals surface area contributed by atoms with E-state index in [9.17, 15) is 19.5 Å². The van der Waals surface area contributed by atoms with Crippen LogP contribution in [0.4, 0.5) is 5.13 Å². The van der Waals surface area contributed by atoms with Gasteiger partial charge in [0, 0.05) is 6.20 Å². The molecule has 1 saturated heterocycles. The lowest BCUT2D eigenvalue weighted by Gasteiger charge is -2.23. The van der Waals surface area contributed by atoms with E-state index in [2.05, 4.69) is 16.9 Å². The Bertz CT molecular complexity index is 1700. The number of carbonyl (C=O) groups is 3. The Morgan fingerprint density at radius 1 is 1.00 bits per heavy atom. The summed E-state index contributed by atoms with van der Waals surface area (Å²) in [5.41, 5.74) is 2.24. The first-order valence-corrected chi connectivity index (χ1v) is 15.2. The smallest absolute Gasteiger partial charge is 0.350 e. The van der Waals surface area contributed by atoms with E-state index in [0.29, 0.717) is 40.6 Å². The molecule has 1 aliphatic rings. The SMILES string of the molecule is CCCCCCOc1ccc(C2C(=C(O)c3c(C)nc4ccccn34)C(=O)C(=O)N2c2nc(C)c(C(=O)OCC)s2)cc1. The van der Waals surface area contributed by atoms with Crippen LogP contribution in [0.5, 0.6) is 5.75 Å². The summed E-state index contributed by atoms with van der Waals surface area (Å²) in [7, 11) is 0. The van der Waals surface area contributed by atoms with Gasteiger partial charge < -0.3 is 14.6 Å². The molecule has 0 spiro atoms. The molecule has 1 aromatic carbocycles. The number of pyridine rings is 1. The fourth-order valence-electron chi connectivity index (χ4n) is 5.21. The molecule has 1 fully saturated rings. The van der Waals surface area contributed by atoms with Crippen molar-refractivity contribution >= 4 is 45.5 Å². The number of amides is 1. The summed E-state index contributed by atoms with van der Waals surface area (Å²) in [6.07, 6.45) is 6.06. The lowest BCUT2D eigenvalue weighted by Crippen LogP contribution is -2.29. The minimum atomic E-state index is -1.02. The maximum absolute atomic E-state index is 13.7. The Balaban J connectivity index is 1.61. The van der Waals surface area contributed by atoms with Crippen LogP contribution in [-0.4, -0.2) is 50.3 Å². The van der Waals surface area contributed by atoms with Crippen molar-refractivity contribution in [1.82, 2.24) is 14.4 Å². The van der Waals surface area contributed by atoms with Gasteiger partial charge in [0.1, 0.15) is 22.0 Å². The molecule has 0 bridgehead atoms. The van der Waals surface area contributed by atoms with Crippen molar-refractivity contribution in [2.45, 2.75) is 59.4 Å². The Morgan fingerprint density at radius 2 is 1.77 bits per heavy atom. The van der Waals surface area contributed by atoms with Gasteiger partial charge in [0.15, 0.2) is 10.9 Å². The third kappa shape index (κ3) is 5.77. The number of ketones is 1. The number of hydrogen-bond donors (Lipinski definition) is 1. The molecule has 1 N–H and O–H groups in total. The number of nitrogens with zero attached hydrogens (tertiary/aromatic N) is 4. The molecular formula is C32H34N4O6S. The van der Waals surface area contributed by atoms with Crippen LogP contribution in [0.1, 0.15) is 77.9 Å². The molecule has 0 saturated carbocycles. The van der Waals surface area contributed by atoms with Crippen LogP contribution in [0.2, 0.25) is 0 Å². The zero-order valence-corrected chi connectivity index (χ0v) is 25.4. The minimum absolute atomic E-state index is 0.0995. The number of fused-ring (bicyclic) bond motifs is 1. The van der Waals surface area contributed by atoms with Gasteiger partial charge in [0.05, 0.1) is 36.2 Å². The van der Waals surface area contributed by atoms with Crippen LogP contribution in [0.15, 0.2) is 54.2 Å². The summed E-state index contributed by atoms with van der Waals surface area (Å²) < 4.78 is 12.7. The maximum Gasteiger partial charge on any atom is 0.350 e. The Hall–Kier alpha value is -4.51. The van der Waals surface area contributed by atoms with Gasteiger partial charge in [-0.2, -0.15) is 0 Å². The Morgan fingerprint density at radius 3 is 2.49 bits per heavy atom. The number of carbonyl (C=O) groups excluding carboxylic acids is 3. The highest BCUT2D eigenvalue weighted by atomic mass is 32.1. The molecule has 0 aliphatic carbocycles. The number of unbranched alkanes of at least 4 members (excludes halogenated alkanes) is 3. The van der Waals surface area contributed by atoms with E-state index in [1.54, 1.807) is 67.8 Å². The Kier molecular flexibility index (Phi) is 8.91. The number of aryl methyl sites for hydroxylation is 2. The average molecular weight is 603 g/mol. The normalized spacial score (nSPS) is 16.3. The largest absolute Gasteiger partial charge is 0.505 e. The summed E-state index contributed by atoms with van der Waals surface area (Å²) in [5, 5.41) is 11.9. The van der Waals surface area contributed by atoms with E-state index >= 15 is 0 Å². The topological polar surface area (TPSA) is 123 Å². The number of imidazole rings is 1. The van der Waals surface area contributed by atoms with E-state index in [1.165, 1.54) is 4.90 Å². The molecule has 1 amide bonds. The van der Waals surface area contributed by atoms with Crippen molar-refractivity contribution < 1.29 is 29.0 Å². The first-order valence-electron chi connectivity index (χ1n) is 14.4. The van der Waals surface area contributed by atoms with Gasteiger partial charge in [-0.05, 0) is 57.0 Å². The highest BCUT2D eigenvalue weighted by molar-refractivity contribution is 7.17. The average Bonchev–Trinajstić information content (AvgIpc) is 3.63. The molecule has 1 atom stereocenters. The molecule has 4 heterocycles. The number of ether oxygens (including phenoxy) is 2. The van der Waals surface area contributed by atoms with Crippen LogP contribution < -0.4 is 9.64 Å². The van der Waals surface area contributed by atoms with Crippen LogP contribution in [0.25, 0.3) is 11.4 Å². The van der Waals surface area contributed by atoms with Crippen molar-refractivity contribution in [3.8, 4) is 5.75 Å². The molecule has 1 unspecified atom stereocenters. The number of aliphatic hydroxyl groups is 1. The van der Waals surface area contributed by atoms with Crippen LogP contribution in [-0.2, 0) is 14.3 Å². The first-order chi connectivity index (χ1) is 20.8. The summed E-state index contributed by atoms with van der Waals surface area (Å²) in [6.45, 7) is 8.00. The van der Waals surface area contributed by atoms with E-state index in [4.69, 9.17) is 9.47 Å². The van der Waals surface area contributed by atoms with E-state index in [1.807, 2.05) is 6.07 Å². The lowest BCUT2D eigenvalue weighted by molar-refractivity contribution is -0.132. The highest BCUT2D eigenvalue weighted by Crippen LogP contribution is 2.44. The second-order valence-electron chi connectivity index (χ2n) is 10.3. The molecule has 10 nitrogen and oxygen atoms in total. The zero-order chi connectivity index (χ0) is 30.7. The van der Waals surface area contributed by atoms with Gasteiger partial charge in [-0.25, -0.2) is 14.8 Å². The lowest BCUT2D eigenvalue weighted by atomic mass is 9.96. The number of aliphatic hydroxyl groups excluding tert-OH is 1. The number of Topliss-reactive ketones (excluding diaryl/α,β-unsaturated/α-hetero) is 1. The number of rotatable bonds is 11. The van der Waals surface area contributed by atoms with Crippen LogP contribution >= 0.6 is 11.3 Å². The second-order valence-corrected chi connectivity index (χ2v) is 11.2. The standard InChI is InChI=1S/C32H34N4O6S/c1-5-7-8-11-18-42-22-15-13-21(14-16-22)26-24(27(37)25-19(3)33-23-12-9-10-17-35(23)25)28(38)30(39)36(26)32-34-20(4)29(43-32)31(40)41-6-2/h9-10,12-17,26,37H,5-8,11,18H2,1-4H3. The molecule has 224 valence electrons.